The zero-order valence-corrected chi connectivity index (χ0v) is 22.3. The van der Waals surface area contributed by atoms with Gasteiger partial charge in [-0.1, -0.05) is 54.6 Å². The Kier molecular flexibility index (Phi) is 7.06. The van der Waals surface area contributed by atoms with Gasteiger partial charge < -0.3 is 9.64 Å². The van der Waals surface area contributed by atoms with Gasteiger partial charge in [0, 0.05) is 29.5 Å². The fourth-order valence-corrected chi connectivity index (χ4v) is 7.06. The van der Waals surface area contributed by atoms with E-state index in [0.29, 0.717) is 31.0 Å². The first-order chi connectivity index (χ1) is 19.9. The Labute approximate surface area is 238 Å². The van der Waals surface area contributed by atoms with Gasteiger partial charge in [0.1, 0.15) is 6.61 Å². The molecular weight excluding hydrogens is 560 g/mol. The van der Waals surface area contributed by atoms with Crippen LogP contribution in [0.4, 0.5) is 31.1 Å². The monoisotopic (exact) mass is 587 g/mol. The van der Waals surface area contributed by atoms with Gasteiger partial charge in [0.05, 0.1) is 11.1 Å². The first-order valence-electron chi connectivity index (χ1n) is 13.9. The maximum Gasteiger partial charge on any atom is 0.417 e. The molecule has 2 unspecified atom stereocenters. The first-order valence-corrected chi connectivity index (χ1v) is 13.9. The van der Waals surface area contributed by atoms with Crippen LogP contribution in [-0.4, -0.2) is 35.5 Å². The second-order valence-electron chi connectivity index (χ2n) is 11.2. The number of halogens is 6. The highest BCUT2D eigenvalue weighted by Gasteiger charge is 2.48. The number of carbonyl (C=O) groups excluding carboxylic acids is 2. The number of ketones is 1. The Morgan fingerprint density at radius 3 is 1.74 bits per heavy atom. The van der Waals surface area contributed by atoms with E-state index in [1.807, 2.05) is 48.5 Å². The molecule has 2 saturated heterocycles. The smallest absolute Gasteiger partial charge is 0.417 e. The van der Waals surface area contributed by atoms with Gasteiger partial charge in [-0.15, -0.1) is 0 Å². The summed E-state index contributed by atoms with van der Waals surface area (Å²) in [4.78, 5) is 28.4. The maximum absolute atomic E-state index is 13.8. The molecule has 42 heavy (non-hydrogen) atoms. The highest BCUT2D eigenvalue weighted by atomic mass is 19.4. The van der Waals surface area contributed by atoms with E-state index >= 15 is 0 Å². The lowest BCUT2D eigenvalue weighted by molar-refractivity contribution is -0.143. The minimum absolute atomic E-state index is 0.0248. The van der Waals surface area contributed by atoms with Crippen LogP contribution in [0.5, 0.6) is 0 Å². The number of alkyl halides is 6. The van der Waals surface area contributed by atoms with Crippen molar-refractivity contribution in [2.75, 3.05) is 6.61 Å². The summed E-state index contributed by atoms with van der Waals surface area (Å²) in [7, 11) is 0. The van der Waals surface area contributed by atoms with Crippen LogP contribution in [0.2, 0.25) is 0 Å². The summed E-state index contributed by atoms with van der Waals surface area (Å²) in [5.74, 6) is -2.43. The summed E-state index contributed by atoms with van der Waals surface area (Å²) in [6, 6.07) is 16.4. The Hall–Kier alpha value is -3.82. The predicted molar refractivity (Wildman–Crippen MR) is 142 cm³/mol. The van der Waals surface area contributed by atoms with E-state index in [1.54, 1.807) is 4.90 Å². The Balaban J connectivity index is 1.22. The number of piperidine rings is 2. The van der Waals surface area contributed by atoms with Crippen molar-refractivity contribution in [3.05, 3.63) is 94.5 Å². The number of Topliss-reactive ketones (excluding diaryl/α,β-unsaturated/α-hetero) is 1. The molecule has 0 aromatic heterocycles. The van der Waals surface area contributed by atoms with E-state index in [2.05, 4.69) is 0 Å². The molecule has 0 radical (unpaired) electrons. The van der Waals surface area contributed by atoms with Crippen LogP contribution >= 0.6 is 0 Å². The van der Waals surface area contributed by atoms with E-state index in [1.165, 1.54) is 0 Å². The summed E-state index contributed by atoms with van der Waals surface area (Å²) in [6.07, 6.45) is -9.20. The minimum atomic E-state index is -5.13. The average molecular weight is 588 g/mol. The van der Waals surface area contributed by atoms with E-state index in [4.69, 9.17) is 4.74 Å². The third-order valence-electron chi connectivity index (χ3n) is 8.81. The number of nitrogens with zero attached hydrogens (tertiary/aromatic N) is 1. The number of amides is 1. The normalized spacial score (nSPS) is 22.0. The number of benzene rings is 3. The number of hydrogen-bond acceptors (Lipinski definition) is 3. The molecule has 220 valence electrons. The Bertz CT molecular complexity index is 1440. The standard InChI is InChI=1S/C32H27F6NO3/c33-31(34,35)26-13-6-14-27(32(36,37)38)28(26)29(40)18-15-19-7-5-8-20(16-18)39(19)30(41)42-17-25-23-11-3-1-9-21(23)22-10-2-4-12-24(22)25/h1-4,6,9-14,18-20,25H,5,7-8,15-17H2. The average Bonchev–Trinajstić information content (AvgIpc) is 3.27. The summed E-state index contributed by atoms with van der Waals surface area (Å²) < 4.78 is 88.3. The van der Waals surface area contributed by atoms with Crippen molar-refractivity contribution in [2.45, 2.75) is 62.5 Å². The molecule has 3 aromatic carbocycles. The van der Waals surface area contributed by atoms with Crippen molar-refractivity contribution >= 4 is 11.9 Å². The van der Waals surface area contributed by atoms with Gasteiger partial charge in [-0.05, 0) is 66.5 Å². The number of rotatable bonds is 4. The van der Waals surface area contributed by atoms with Crippen molar-refractivity contribution in [1.82, 2.24) is 4.90 Å². The molecule has 2 bridgehead atoms. The summed E-state index contributed by atoms with van der Waals surface area (Å²) in [6.45, 7) is 0.0824. The number of hydrogen-bond donors (Lipinski definition) is 0. The van der Waals surface area contributed by atoms with Crippen molar-refractivity contribution in [3.63, 3.8) is 0 Å². The topological polar surface area (TPSA) is 46.6 Å². The molecule has 10 heteroatoms. The van der Waals surface area contributed by atoms with Crippen LogP contribution in [-0.2, 0) is 17.1 Å². The van der Waals surface area contributed by atoms with Crippen LogP contribution in [0.15, 0.2) is 66.7 Å². The third kappa shape index (κ3) is 4.94. The molecule has 0 saturated carbocycles. The minimum Gasteiger partial charge on any atom is -0.448 e. The molecule has 0 N–H and O–H groups in total. The summed E-state index contributed by atoms with van der Waals surface area (Å²) in [5, 5.41) is 0. The lowest BCUT2D eigenvalue weighted by Crippen LogP contribution is -2.56. The van der Waals surface area contributed by atoms with Gasteiger partial charge >= 0.3 is 18.4 Å². The van der Waals surface area contributed by atoms with Gasteiger partial charge in [0.15, 0.2) is 5.78 Å². The summed E-state index contributed by atoms with van der Waals surface area (Å²) >= 11 is 0. The van der Waals surface area contributed by atoms with Gasteiger partial charge in [-0.25, -0.2) is 4.79 Å². The van der Waals surface area contributed by atoms with Crippen molar-refractivity contribution < 1.29 is 40.7 Å². The summed E-state index contributed by atoms with van der Waals surface area (Å²) in [5.41, 5.74) is -0.293. The molecule has 1 aliphatic carbocycles. The molecule has 2 aliphatic heterocycles. The Morgan fingerprint density at radius 1 is 0.738 bits per heavy atom. The van der Waals surface area contributed by atoms with Crippen LogP contribution < -0.4 is 0 Å². The zero-order valence-electron chi connectivity index (χ0n) is 22.3. The van der Waals surface area contributed by atoms with Crippen LogP contribution in [0.1, 0.15) is 70.6 Å². The second kappa shape index (κ2) is 10.5. The highest BCUT2D eigenvalue weighted by Crippen LogP contribution is 2.46. The first kappa shape index (κ1) is 28.3. The number of fused-ring (bicyclic) bond motifs is 5. The molecule has 2 atom stereocenters. The van der Waals surface area contributed by atoms with Crippen LogP contribution in [0.3, 0.4) is 0 Å². The lowest BCUT2D eigenvalue weighted by Gasteiger charge is -2.47. The molecule has 0 spiro atoms. The molecular formula is C32H27F6NO3. The maximum atomic E-state index is 13.8. The Morgan fingerprint density at radius 2 is 1.24 bits per heavy atom. The molecule has 6 rings (SSSR count). The molecule has 4 nitrogen and oxygen atoms in total. The van der Waals surface area contributed by atoms with E-state index in [0.717, 1.165) is 28.7 Å². The molecule has 3 aliphatic rings. The predicted octanol–water partition coefficient (Wildman–Crippen LogP) is 8.49. The van der Waals surface area contributed by atoms with E-state index < -0.39 is 58.9 Å². The molecule has 3 aromatic rings. The van der Waals surface area contributed by atoms with E-state index in [-0.39, 0.29) is 25.4 Å². The second-order valence-corrected chi connectivity index (χ2v) is 11.2. The van der Waals surface area contributed by atoms with Crippen molar-refractivity contribution in [2.24, 2.45) is 5.92 Å². The highest BCUT2D eigenvalue weighted by molar-refractivity contribution is 6.01. The number of carbonyl (C=O) groups is 2. The van der Waals surface area contributed by atoms with Gasteiger partial charge in [-0.2, -0.15) is 26.3 Å². The largest absolute Gasteiger partial charge is 0.448 e. The van der Waals surface area contributed by atoms with Crippen LogP contribution in [0.25, 0.3) is 11.1 Å². The molecule has 2 fully saturated rings. The SMILES string of the molecule is O=C(c1c(C(F)(F)F)cccc1C(F)(F)F)C1CC2CCCC(C1)N2C(=O)OCC1c2ccccc2-c2ccccc21. The number of ether oxygens (including phenoxy) is 1. The van der Waals surface area contributed by atoms with Crippen molar-refractivity contribution in [3.8, 4) is 11.1 Å². The van der Waals surface area contributed by atoms with Gasteiger partial charge in [0.2, 0.25) is 0 Å². The third-order valence-corrected chi connectivity index (χ3v) is 8.81. The quantitative estimate of drug-likeness (QED) is 0.227. The van der Waals surface area contributed by atoms with Crippen molar-refractivity contribution in [1.29, 1.82) is 0 Å². The fourth-order valence-electron chi connectivity index (χ4n) is 7.06. The van der Waals surface area contributed by atoms with Gasteiger partial charge in [0.25, 0.3) is 0 Å². The molecule has 2 heterocycles. The zero-order chi connectivity index (χ0) is 29.8. The lowest BCUT2D eigenvalue weighted by atomic mass is 9.74. The van der Waals surface area contributed by atoms with Crippen LogP contribution in [0, 0.1) is 5.92 Å². The molecule has 1 amide bonds. The van der Waals surface area contributed by atoms with Gasteiger partial charge in [-0.3, -0.25) is 4.79 Å². The fraction of sp³-hybridized carbons (Fsp3) is 0.375. The van der Waals surface area contributed by atoms with E-state index in [9.17, 15) is 35.9 Å².